The standard InChI is InChI=1S/C27H25N9O9S2/c28-16-7-17(29)35(10-31-16)5-1-2-12-8-46-24-19(23(40)36(24)20(12)25(41)42)33-22(39)18(13-9-47-27(30)32-13)34-45-21(26(43)44)11-3-4-14(37)15(38)6-11/h1-4,6-7,9-10,19,21,24,29,37-38H,5,8,28H2,(H2,30,32)(H,33,39)(H,41,42)(H,43,44)/b2-1+,29-17?,34-18-/t19-,21+,24-/m1/s1. The van der Waals surface area contributed by atoms with Crippen LogP contribution in [0.2, 0.25) is 0 Å². The number of benzene rings is 1. The van der Waals surface area contributed by atoms with Gasteiger partial charge in [0.15, 0.2) is 22.3 Å². The van der Waals surface area contributed by atoms with Crippen LogP contribution >= 0.6 is 23.1 Å². The molecule has 0 unspecified atom stereocenters. The minimum atomic E-state index is -1.83. The third-order valence-electron chi connectivity index (χ3n) is 6.80. The molecule has 2 aromatic heterocycles. The number of phenols is 2. The molecule has 0 spiro atoms. The second-order valence-corrected chi connectivity index (χ2v) is 11.9. The highest BCUT2D eigenvalue weighted by molar-refractivity contribution is 8.00. The van der Waals surface area contributed by atoms with Gasteiger partial charge in [0.25, 0.3) is 11.8 Å². The molecule has 2 aliphatic heterocycles. The molecule has 20 heteroatoms. The molecule has 3 aromatic rings. The first kappa shape index (κ1) is 32.5. The number of allylic oxidation sites excluding steroid dienone is 2. The number of aromatic hydroxyl groups is 2. The van der Waals surface area contributed by atoms with E-state index in [-0.39, 0.29) is 45.7 Å². The molecule has 2 amide bonds. The number of thioether (sulfide) groups is 1. The van der Waals surface area contributed by atoms with Crippen LogP contribution in [-0.4, -0.2) is 86.5 Å². The summed E-state index contributed by atoms with van der Waals surface area (Å²) >= 11 is 2.15. The lowest BCUT2D eigenvalue weighted by atomic mass is 10.0. The fourth-order valence-corrected chi connectivity index (χ4v) is 6.42. The number of amides is 2. The number of carboxylic acid groups (broad SMARTS) is 2. The van der Waals surface area contributed by atoms with Crippen LogP contribution in [0.25, 0.3) is 0 Å². The fraction of sp³-hybridized carbons (Fsp3) is 0.185. The molecule has 0 radical (unpaired) electrons. The van der Waals surface area contributed by atoms with Crippen molar-refractivity contribution in [2.45, 2.75) is 24.1 Å². The Bertz CT molecular complexity index is 1940. The minimum Gasteiger partial charge on any atom is -0.504 e. The molecule has 18 nitrogen and oxygen atoms in total. The van der Waals surface area contributed by atoms with Gasteiger partial charge in [-0.2, -0.15) is 0 Å². The maximum absolute atomic E-state index is 13.4. The quantitative estimate of drug-likeness (QED) is 0.0568. The lowest BCUT2D eigenvalue weighted by molar-refractivity contribution is -0.151. The van der Waals surface area contributed by atoms with Crippen molar-refractivity contribution in [3.63, 3.8) is 0 Å². The van der Waals surface area contributed by atoms with Gasteiger partial charge in [-0.05, 0) is 17.7 Å². The lowest BCUT2D eigenvalue weighted by Crippen LogP contribution is -2.71. The van der Waals surface area contributed by atoms with Gasteiger partial charge in [0.2, 0.25) is 6.10 Å². The monoisotopic (exact) mass is 683 g/mol. The molecule has 1 aromatic carbocycles. The molecule has 1 fully saturated rings. The number of anilines is 2. The number of carboxylic acids is 2. The zero-order valence-corrected chi connectivity index (χ0v) is 25.4. The van der Waals surface area contributed by atoms with Crippen molar-refractivity contribution in [2.75, 3.05) is 17.2 Å². The number of hydrogen-bond acceptors (Lipinski definition) is 15. The highest BCUT2D eigenvalue weighted by Crippen LogP contribution is 2.40. The molecule has 1 saturated heterocycles. The molecule has 0 bridgehead atoms. The summed E-state index contributed by atoms with van der Waals surface area (Å²) in [7, 11) is 0. The number of oxime groups is 1. The molecule has 2 aliphatic rings. The number of aromatic nitrogens is 3. The number of β-lactam (4-membered cyclic amide) rings is 1. The van der Waals surface area contributed by atoms with E-state index in [9.17, 15) is 39.6 Å². The Kier molecular flexibility index (Phi) is 9.15. The van der Waals surface area contributed by atoms with Crippen molar-refractivity contribution in [3.8, 4) is 11.5 Å². The molecule has 4 heterocycles. The van der Waals surface area contributed by atoms with Crippen molar-refractivity contribution in [1.29, 1.82) is 5.41 Å². The number of aliphatic carboxylic acids is 2. The van der Waals surface area contributed by atoms with Crippen LogP contribution in [0.4, 0.5) is 10.9 Å². The predicted molar refractivity (Wildman–Crippen MR) is 166 cm³/mol. The number of nitrogen functional groups attached to an aromatic ring is 2. The van der Waals surface area contributed by atoms with Crippen LogP contribution in [0.3, 0.4) is 0 Å². The van der Waals surface area contributed by atoms with Gasteiger partial charge in [0.1, 0.15) is 34.1 Å². The van der Waals surface area contributed by atoms with E-state index in [1.165, 1.54) is 46.2 Å². The smallest absolute Gasteiger partial charge is 0.352 e. The van der Waals surface area contributed by atoms with Crippen molar-refractivity contribution in [3.05, 3.63) is 76.1 Å². The van der Waals surface area contributed by atoms with Crippen LogP contribution in [0, 0.1) is 5.41 Å². The Morgan fingerprint density at radius 2 is 1.98 bits per heavy atom. The Hall–Kier alpha value is -5.89. The lowest BCUT2D eigenvalue weighted by Gasteiger charge is -2.49. The number of phenolic OH excluding ortho intramolecular Hbond substituents is 2. The maximum Gasteiger partial charge on any atom is 0.352 e. The zero-order valence-electron chi connectivity index (χ0n) is 23.8. The minimum absolute atomic E-state index is 0.0503. The number of fused-ring (bicyclic) bond motifs is 1. The normalized spacial score (nSPS) is 18.4. The maximum atomic E-state index is 13.4. The first-order valence-electron chi connectivity index (χ1n) is 13.3. The van der Waals surface area contributed by atoms with Gasteiger partial charge in [0, 0.05) is 29.3 Å². The molecule has 0 aliphatic carbocycles. The Labute approximate surface area is 271 Å². The van der Waals surface area contributed by atoms with Crippen molar-refractivity contribution < 1.29 is 44.4 Å². The second kappa shape index (κ2) is 13.2. The Morgan fingerprint density at radius 3 is 2.62 bits per heavy atom. The van der Waals surface area contributed by atoms with Crippen LogP contribution in [0.1, 0.15) is 17.4 Å². The molecule has 47 heavy (non-hydrogen) atoms. The van der Waals surface area contributed by atoms with E-state index in [1.807, 2.05) is 0 Å². The highest BCUT2D eigenvalue weighted by Gasteiger charge is 2.54. The van der Waals surface area contributed by atoms with E-state index in [0.29, 0.717) is 5.57 Å². The average Bonchev–Trinajstić information content (AvgIpc) is 3.45. The van der Waals surface area contributed by atoms with Crippen molar-refractivity contribution in [2.24, 2.45) is 5.16 Å². The summed E-state index contributed by atoms with van der Waals surface area (Å²) in [5.41, 5.74) is 10.7. The van der Waals surface area contributed by atoms with Gasteiger partial charge in [-0.3, -0.25) is 19.9 Å². The average molecular weight is 684 g/mol. The summed E-state index contributed by atoms with van der Waals surface area (Å²) in [5, 5.41) is 53.8. The van der Waals surface area contributed by atoms with Gasteiger partial charge < -0.3 is 46.6 Å². The van der Waals surface area contributed by atoms with Crippen LogP contribution in [-0.2, 0) is 30.6 Å². The number of hydrogen-bond donors (Lipinski definition) is 8. The van der Waals surface area contributed by atoms with E-state index in [4.69, 9.17) is 21.7 Å². The summed E-state index contributed by atoms with van der Waals surface area (Å²) < 4.78 is 1.47. The van der Waals surface area contributed by atoms with Crippen molar-refractivity contribution >= 4 is 63.5 Å². The molecule has 244 valence electrons. The van der Waals surface area contributed by atoms with E-state index < -0.39 is 58.5 Å². The highest BCUT2D eigenvalue weighted by atomic mass is 32.2. The van der Waals surface area contributed by atoms with Crippen molar-refractivity contribution in [1.82, 2.24) is 24.8 Å². The first-order chi connectivity index (χ1) is 22.3. The van der Waals surface area contributed by atoms with Crippen LogP contribution in [0.15, 0.2) is 64.6 Å². The number of nitrogens with zero attached hydrogens (tertiary/aromatic N) is 5. The number of thiazole rings is 1. The predicted octanol–water partition coefficient (Wildman–Crippen LogP) is -0.0637. The summed E-state index contributed by atoms with van der Waals surface area (Å²) in [6, 6.07) is 3.35. The SMILES string of the molecule is N=c1cc(N)ncn1C/C=C/C1=C(C(=O)O)N2C(=O)[C@@H](NC(=O)/C(=N\O[C@H](C(=O)O)c3ccc(O)c(O)c3)c3csc(N)n3)[C@H]2SC1. The van der Waals surface area contributed by atoms with Gasteiger partial charge >= 0.3 is 11.9 Å². The topological polar surface area (TPSA) is 293 Å². The van der Waals surface area contributed by atoms with E-state index in [0.717, 1.165) is 28.4 Å². The van der Waals surface area contributed by atoms with E-state index >= 15 is 0 Å². The second-order valence-electron chi connectivity index (χ2n) is 9.88. The molecule has 5 rings (SSSR count). The third kappa shape index (κ3) is 6.72. The summed E-state index contributed by atoms with van der Waals surface area (Å²) in [4.78, 5) is 65.0. The van der Waals surface area contributed by atoms with Gasteiger partial charge in [0.05, 0.1) is 6.33 Å². The number of rotatable bonds is 11. The van der Waals surface area contributed by atoms with E-state index in [2.05, 4.69) is 20.4 Å². The largest absolute Gasteiger partial charge is 0.504 e. The molecule has 3 atom stereocenters. The number of nitrogens with two attached hydrogens (primary N) is 2. The van der Waals surface area contributed by atoms with E-state index in [1.54, 1.807) is 6.08 Å². The van der Waals surface area contributed by atoms with Gasteiger partial charge in [-0.1, -0.05) is 23.4 Å². The summed E-state index contributed by atoms with van der Waals surface area (Å²) in [6.07, 6.45) is 2.70. The zero-order chi connectivity index (χ0) is 34.0. The van der Waals surface area contributed by atoms with Crippen LogP contribution in [0.5, 0.6) is 11.5 Å². The Balaban J connectivity index is 1.35. The summed E-state index contributed by atoms with van der Waals surface area (Å²) in [6.45, 7) is 0.186. The van der Waals surface area contributed by atoms with Gasteiger partial charge in [-0.25, -0.2) is 19.6 Å². The molecule has 0 saturated carbocycles. The number of nitrogens with one attached hydrogen (secondary N) is 2. The summed E-state index contributed by atoms with van der Waals surface area (Å²) in [5.74, 6) is -5.36. The van der Waals surface area contributed by atoms with Gasteiger partial charge in [-0.15, -0.1) is 23.1 Å². The fourth-order valence-electron chi connectivity index (χ4n) is 4.55. The van der Waals surface area contributed by atoms with Crippen LogP contribution < -0.4 is 22.3 Å². The number of carbonyl (C=O) groups is 4. The molecular weight excluding hydrogens is 658 g/mol. The first-order valence-corrected chi connectivity index (χ1v) is 15.2. The molecular formula is C27H25N9O9S2. The number of carbonyl (C=O) groups excluding carboxylic acids is 2. The molecule has 10 N–H and O–H groups in total. The Morgan fingerprint density at radius 1 is 1.21 bits per heavy atom. The third-order valence-corrected chi connectivity index (χ3v) is 8.78.